The van der Waals surface area contributed by atoms with E-state index in [0.717, 1.165) is 23.7 Å². The first-order chi connectivity index (χ1) is 12.5. The minimum atomic E-state index is -3.26. The summed E-state index contributed by atoms with van der Waals surface area (Å²) in [4.78, 5) is 11.9. The van der Waals surface area contributed by atoms with Gasteiger partial charge in [-0.1, -0.05) is 54.6 Å². The molecular weight excluding hydrogens is 348 g/mol. The lowest BCUT2D eigenvalue weighted by atomic mass is 10.00. The molecule has 4 nitrogen and oxygen atoms in total. The van der Waals surface area contributed by atoms with E-state index in [4.69, 9.17) is 4.74 Å². The first kappa shape index (κ1) is 17.9. The molecule has 0 saturated heterocycles. The van der Waals surface area contributed by atoms with Gasteiger partial charge in [0.15, 0.2) is 16.1 Å². The fraction of sp³-hybridized carbons (Fsp3) is 0.0952. The second-order valence-corrected chi connectivity index (χ2v) is 7.92. The van der Waals surface area contributed by atoms with E-state index in [1.54, 1.807) is 18.2 Å². The van der Waals surface area contributed by atoms with Crippen molar-refractivity contribution in [1.82, 2.24) is 0 Å². The molecule has 0 unspecified atom stereocenters. The topological polar surface area (TPSA) is 60.4 Å². The van der Waals surface area contributed by atoms with E-state index < -0.39 is 9.84 Å². The van der Waals surface area contributed by atoms with Crippen molar-refractivity contribution in [2.45, 2.75) is 11.5 Å². The fourth-order valence-corrected chi connectivity index (χ4v) is 3.29. The average molecular weight is 366 g/mol. The number of ether oxygens (including phenoxy) is 1. The van der Waals surface area contributed by atoms with Crippen molar-refractivity contribution in [2.24, 2.45) is 0 Å². The summed E-state index contributed by atoms with van der Waals surface area (Å²) in [6.45, 7) is 0.359. The molecule has 0 fully saturated rings. The molecular formula is C21H18O4S. The molecule has 0 radical (unpaired) electrons. The van der Waals surface area contributed by atoms with Crippen LogP contribution >= 0.6 is 0 Å². The maximum Gasteiger partial charge on any atom is 0.175 e. The van der Waals surface area contributed by atoms with E-state index in [-0.39, 0.29) is 4.90 Å². The quantitative estimate of drug-likeness (QED) is 0.615. The highest BCUT2D eigenvalue weighted by Crippen LogP contribution is 2.30. The van der Waals surface area contributed by atoms with Gasteiger partial charge in [-0.3, -0.25) is 4.79 Å². The van der Waals surface area contributed by atoms with Crippen molar-refractivity contribution in [3.05, 3.63) is 83.9 Å². The zero-order valence-corrected chi connectivity index (χ0v) is 15.1. The average Bonchev–Trinajstić information content (AvgIpc) is 2.66. The predicted octanol–water partition coefficient (Wildman–Crippen LogP) is 4.15. The fourth-order valence-electron chi connectivity index (χ4n) is 2.66. The smallest absolute Gasteiger partial charge is 0.175 e. The van der Waals surface area contributed by atoms with Crippen molar-refractivity contribution in [1.29, 1.82) is 0 Å². The van der Waals surface area contributed by atoms with Gasteiger partial charge in [-0.2, -0.15) is 0 Å². The number of sulfone groups is 1. The van der Waals surface area contributed by atoms with Gasteiger partial charge in [0, 0.05) is 6.26 Å². The minimum absolute atomic E-state index is 0.241. The van der Waals surface area contributed by atoms with Gasteiger partial charge in [0.1, 0.15) is 12.4 Å². The lowest BCUT2D eigenvalue weighted by Gasteiger charge is -2.12. The zero-order chi connectivity index (χ0) is 18.6. The van der Waals surface area contributed by atoms with Crippen molar-refractivity contribution < 1.29 is 17.9 Å². The summed E-state index contributed by atoms with van der Waals surface area (Å²) in [6, 6.07) is 21.5. The molecule has 5 heteroatoms. The van der Waals surface area contributed by atoms with Crippen LogP contribution in [0.4, 0.5) is 0 Å². The molecule has 0 aliphatic heterocycles. The SMILES string of the molecule is CS(=O)(=O)c1ccc(-c2cccc(OCc3ccccc3)c2C=O)cc1. The molecule has 0 aromatic heterocycles. The van der Waals surface area contributed by atoms with Crippen LogP contribution in [-0.4, -0.2) is 21.0 Å². The van der Waals surface area contributed by atoms with E-state index in [1.807, 2.05) is 42.5 Å². The number of carbonyl (C=O) groups excluding carboxylic acids is 1. The van der Waals surface area contributed by atoms with Gasteiger partial charge in [0.2, 0.25) is 0 Å². The van der Waals surface area contributed by atoms with E-state index in [2.05, 4.69) is 0 Å². The van der Waals surface area contributed by atoms with Gasteiger partial charge in [-0.15, -0.1) is 0 Å². The van der Waals surface area contributed by atoms with Gasteiger partial charge in [0.25, 0.3) is 0 Å². The lowest BCUT2D eigenvalue weighted by molar-refractivity contribution is 0.111. The summed E-state index contributed by atoms with van der Waals surface area (Å²) < 4.78 is 29.0. The number of aldehydes is 1. The maximum atomic E-state index is 11.7. The van der Waals surface area contributed by atoms with Gasteiger partial charge >= 0.3 is 0 Å². The molecule has 3 rings (SSSR count). The Kier molecular flexibility index (Phi) is 5.19. The van der Waals surface area contributed by atoms with E-state index in [0.29, 0.717) is 23.5 Å². The molecule has 0 spiro atoms. The molecule has 3 aromatic rings. The Morgan fingerprint density at radius 3 is 2.19 bits per heavy atom. The molecule has 0 amide bonds. The van der Waals surface area contributed by atoms with Crippen molar-refractivity contribution >= 4 is 16.1 Å². The molecule has 26 heavy (non-hydrogen) atoms. The molecule has 3 aromatic carbocycles. The normalized spacial score (nSPS) is 11.1. The maximum absolute atomic E-state index is 11.7. The summed E-state index contributed by atoms with van der Waals surface area (Å²) in [7, 11) is -3.26. The van der Waals surface area contributed by atoms with Crippen molar-refractivity contribution in [3.8, 4) is 16.9 Å². The van der Waals surface area contributed by atoms with Crippen LogP contribution < -0.4 is 4.74 Å². The number of hydrogen-bond donors (Lipinski definition) is 0. The summed E-state index contributed by atoms with van der Waals surface area (Å²) in [5.74, 6) is 0.494. The molecule has 132 valence electrons. The molecule has 0 atom stereocenters. The Bertz CT molecular complexity index is 1010. The second kappa shape index (κ2) is 7.54. The molecule has 0 N–H and O–H groups in total. The number of rotatable bonds is 6. The van der Waals surface area contributed by atoms with E-state index >= 15 is 0 Å². The third kappa shape index (κ3) is 4.00. The van der Waals surface area contributed by atoms with Gasteiger partial charge in [-0.05, 0) is 34.9 Å². The third-order valence-corrected chi connectivity index (χ3v) is 5.14. The first-order valence-electron chi connectivity index (χ1n) is 8.04. The Morgan fingerprint density at radius 2 is 1.58 bits per heavy atom. The molecule has 0 heterocycles. The number of benzene rings is 3. The van der Waals surface area contributed by atoms with Crippen LogP contribution in [0, 0.1) is 0 Å². The monoisotopic (exact) mass is 366 g/mol. The van der Waals surface area contributed by atoms with Crippen LogP contribution in [0.25, 0.3) is 11.1 Å². The standard InChI is InChI=1S/C21H18O4S/c1-26(23,24)18-12-10-17(11-13-18)19-8-5-9-21(20(19)14-22)25-15-16-6-3-2-4-7-16/h2-14H,15H2,1H3. The van der Waals surface area contributed by atoms with Crippen LogP contribution in [0.1, 0.15) is 15.9 Å². The van der Waals surface area contributed by atoms with Crippen molar-refractivity contribution in [3.63, 3.8) is 0 Å². The largest absolute Gasteiger partial charge is 0.488 e. The molecule has 0 bridgehead atoms. The third-order valence-electron chi connectivity index (χ3n) is 4.01. The van der Waals surface area contributed by atoms with Crippen LogP contribution in [0.5, 0.6) is 5.75 Å². The van der Waals surface area contributed by atoms with Crippen molar-refractivity contribution in [2.75, 3.05) is 6.26 Å². The Hall–Kier alpha value is -2.92. The summed E-state index contributed by atoms with van der Waals surface area (Å²) in [5, 5.41) is 0. The van der Waals surface area contributed by atoms with Crippen LogP contribution in [0.2, 0.25) is 0 Å². The summed E-state index contributed by atoms with van der Waals surface area (Å²) in [6.07, 6.45) is 1.93. The van der Waals surface area contributed by atoms with E-state index in [1.165, 1.54) is 12.1 Å². The number of hydrogen-bond acceptors (Lipinski definition) is 4. The second-order valence-electron chi connectivity index (χ2n) is 5.91. The Balaban J connectivity index is 1.92. The highest BCUT2D eigenvalue weighted by Gasteiger charge is 2.12. The van der Waals surface area contributed by atoms with Crippen LogP contribution in [-0.2, 0) is 16.4 Å². The first-order valence-corrected chi connectivity index (χ1v) is 9.93. The van der Waals surface area contributed by atoms with Gasteiger partial charge in [-0.25, -0.2) is 8.42 Å². The number of carbonyl (C=O) groups is 1. The molecule has 0 saturated carbocycles. The van der Waals surface area contributed by atoms with Gasteiger partial charge < -0.3 is 4.74 Å². The van der Waals surface area contributed by atoms with E-state index in [9.17, 15) is 13.2 Å². The van der Waals surface area contributed by atoms with Gasteiger partial charge in [0.05, 0.1) is 10.5 Å². The molecule has 0 aliphatic rings. The van der Waals surface area contributed by atoms with Crippen LogP contribution in [0.15, 0.2) is 77.7 Å². The summed E-state index contributed by atoms with van der Waals surface area (Å²) in [5.41, 5.74) is 2.90. The summed E-state index contributed by atoms with van der Waals surface area (Å²) >= 11 is 0. The van der Waals surface area contributed by atoms with Crippen LogP contribution in [0.3, 0.4) is 0 Å². The zero-order valence-electron chi connectivity index (χ0n) is 14.3. The highest BCUT2D eigenvalue weighted by molar-refractivity contribution is 7.90. The molecule has 0 aliphatic carbocycles. The predicted molar refractivity (Wildman–Crippen MR) is 101 cm³/mol. The minimum Gasteiger partial charge on any atom is -0.488 e. The highest BCUT2D eigenvalue weighted by atomic mass is 32.2. The Labute approximate surface area is 153 Å². The lowest BCUT2D eigenvalue weighted by Crippen LogP contribution is -2.00. The Morgan fingerprint density at radius 1 is 0.885 bits per heavy atom.